The monoisotopic (exact) mass is 366 g/mol. The van der Waals surface area contributed by atoms with Crippen LogP contribution in [0.3, 0.4) is 0 Å². The summed E-state index contributed by atoms with van der Waals surface area (Å²) in [4.78, 5) is 33.8. The van der Waals surface area contributed by atoms with Crippen molar-refractivity contribution in [3.05, 3.63) is 51.8 Å². The zero-order chi connectivity index (χ0) is 19.0. The van der Waals surface area contributed by atoms with Crippen molar-refractivity contribution in [2.24, 2.45) is 0 Å². The minimum absolute atomic E-state index is 0.00286. The number of nitrogens with one attached hydrogen (secondary N) is 1. The number of hydrogen-bond donors (Lipinski definition) is 1. The number of pyridine rings is 1. The van der Waals surface area contributed by atoms with Crippen LogP contribution in [0.4, 0.5) is 5.95 Å². The first-order valence-electron chi connectivity index (χ1n) is 8.54. The summed E-state index contributed by atoms with van der Waals surface area (Å²) in [5.74, 6) is -0.0840. The summed E-state index contributed by atoms with van der Waals surface area (Å²) in [6.07, 6.45) is 1.80. The number of carbonyl (C=O) groups is 1. The Kier molecular flexibility index (Phi) is 4.23. The second kappa shape index (κ2) is 6.71. The van der Waals surface area contributed by atoms with E-state index >= 15 is 0 Å². The lowest BCUT2D eigenvalue weighted by molar-refractivity contribution is 0.102. The molecule has 0 atom stereocenters. The molecule has 4 rings (SSSR count). The number of hydrogen-bond acceptors (Lipinski definition) is 6. The second-order valence-corrected chi connectivity index (χ2v) is 6.20. The minimum atomic E-state index is -0.572. The number of amides is 1. The summed E-state index contributed by atoms with van der Waals surface area (Å²) in [6, 6.07) is 8.98. The van der Waals surface area contributed by atoms with Crippen molar-refractivity contribution in [3.63, 3.8) is 0 Å². The molecule has 0 saturated heterocycles. The van der Waals surface area contributed by atoms with Gasteiger partial charge in [-0.15, -0.1) is 0 Å². The van der Waals surface area contributed by atoms with Crippen LogP contribution in [0.5, 0.6) is 11.8 Å². The number of methoxy groups -OCH3 is 2. The fourth-order valence-electron chi connectivity index (χ4n) is 3.36. The van der Waals surface area contributed by atoms with E-state index < -0.39 is 5.91 Å². The summed E-state index contributed by atoms with van der Waals surface area (Å²) in [5, 5.41) is 3.42. The first-order chi connectivity index (χ1) is 13.1. The van der Waals surface area contributed by atoms with Crippen LogP contribution < -0.4 is 20.3 Å². The van der Waals surface area contributed by atoms with E-state index in [2.05, 4.69) is 15.3 Å². The van der Waals surface area contributed by atoms with Crippen molar-refractivity contribution in [3.8, 4) is 11.8 Å². The van der Waals surface area contributed by atoms with Crippen molar-refractivity contribution >= 4 is 22.8 Å². The van der Waals surface area contributed by atoms with Crippen LogP contribution in [0, 0.1) is 0 Å². The number of aromatic nitrogens is 3. The largest absolute Gasteiger partial charge is 0.481 e. The van der Waals surface area contributed by atoms with Gasteiger partial charge in [0.1, 0.15) is 5.56 Å². The minimum Gasteiger partial charge on any atom is -0.481 e. The number of para-hydroxylation sites is 1. The molecule has 0 saturated carbocycles. The summed E-state index contributed by atoms with van der Waals surface area (Å²) >= 11 is 0. The average Bonchev–Trinajstić information content (AvgIpc) is 2.70. The zero-order valence-electron chi connectivity index (χ0n) is 15.0. The van der Waals surface area contributed by atoms with E-state index in [0.717, 1.165) is 29.3 Å². The van der Waals surface area contributed by atoms with Gasteiger partial charge >= 0.3 is 0 Å². The first kappa shape index (κ1) is 17.0. The van der Waals surface area contributed by atoms with Gasteiger partial charge in [-0.05, 0) is 29.9 Å². The first-order valence-corrected chi connectivity index (χ1v) is 8.54. The van der Waals surface area contributed by atoms with Crippen LogP contribution in [0.2, 0.25) is 0 Å². The van der Waals surface area contributed by atoms with E-state index in [1.165, 1.54) is 20.3 Å². The Balaban J connectivity index is 1.76. The van der Waals surface area contributed by atoms with E-state index in [1.54, 1.807) is 10.6 Å². The molecule has 0 aliphatic carbocycles. The van der Waals surface area contributed by atoms with Gasteiger partial charge in [-0.3, -0.25) is 14.9 Å². The maximum Gasteiger partial charge on any atom is 0.263 e. The molecule has 1 amide bonds. The van der Waals surface area contributed by atoms with Gasteiger partial charge in [-0.1, -0.05) is 18.2 Å². The molecule has 8 heteroatoms. The Morgan fingerprint density at radius 1 is 1.15 bits per heavy atom. The highest BCUT2D eigenvalue weighted by Crippen LogP contribution is 2.24. The Morgan fingerprint density at radius 3 is 2.59 bits per heavy atom. The van der Waals surface area contributed by atoms with Gasteiger partial charge in [0.15, 0.2) is 0 Å². The number of carbonyl (C=O) groups excluding carboxylic acids is 1. The second-order valence-electron chi connectivity index (χ2n) is 6.20. The van der Waals surface area contributed by atoms with Crippen molar-refractivity contribution in [2.45, 2.75) is 19.4 Å². The van der Waals surface area contributed by atoms with E-state index in [0.29, 0.717) is 6.54 Å². The van der Waals surface area contributed by atoms with E-state index in [-0.39, 0.29) is 28.8 Å². The molecular weight excluding hydrogens is 348 g/mol. The predicted octanol–water partition coefficient (Wildman–Crippen LogP) is 2.01. The van der Waals surface area contributed by atoms with E-state index in [1.807, 2.05) is 18.2 Å². The Morgan fingerprint density at radius 2 is 1.89 bits per heavy atom. The SMILES string of the molecule is COc1cc(OC)nc(NC(=O)c2cc3cccc4c3n(c2=O)CCC4)n1. The van der Waals surface area contributed by atoms with Crippen molar-refractivity contribution in [1.29, 1.82) is 0 Å². The Bertz CT molecular complexity index is 1080. The summed E-state index contributed by atoms with van der Waals surface area (Å²) in [5.41, 5.74) is 1.77. The molecule has 0 fully saturated rings. The number of ether oxygens (including phenoxy) is 2. The highest BCUT2D eigenvalue weighted by Gasteiger charge is 2.20. The molecule has 1 aromatic carbocycles. The maximum atomic E-state index is 12.9. The number of aryl methyl sites for hydroxylation is 2. The van der Waals surface area contributed by atoms with Gasteiger partial charge in [0, 0.05) is 6.54 Å². The molecule has 0 spiro atoms. The molecule has 0 radical (unpaired) electrons. The highest BCUT2D eigenvalue weighted by molar-refractivity contribution is 6.05. The third-order valence-corrected chi connectivity index (χ3v) is 4.59. The van der Waals surface area contributed by atoms with Crippen molar-refractivity contribution in [1.82, 2.24) is 14.5 Å². The molecule has 3 aromatic rings. The quantitative estimate of drug-likeness (QED) is 0.759. The van der Waals surface area contributed by atoms with Crippen LogP contribution in [0.15, 0.2) is 35.1 Å². The Labute approximate surface area is 154 Å². The molecule has 3 heterocycles. The molecule has 0 unspecified atom stereocenters. The molecule has 138 valence electrons. The van der Waals surface area contributed by atoms with Gasteiger partial charge in [-0.2, -0.15) is 9.97 Å². The molecule has 2 aromatic heterocycles. The lowest BCUT2D eigenvalue weighted by atomic mass is 10.00. The maximum absolute atomic E-state index is 12.9. The Hall–Kier alpha value is -3.42. The van der Waals surface area contributed by atoms with E-state index in [9.17, 15) is 9.59 Å². The third kappa shape index (κ3) is 2.99. The van der Waals surface area contributed by atoms with Crippen molar-refractivity contribution in [2.75, 3.05) is 19.5 Å². The molecular formula is C19H18N4O4. The lowest BCUT2D eigenvalue weighted by Gasteiger charge is -2.20. The topological polar surface area (TPSA) is 95.3 Å². The molecule has 1 aliphatic heterocycles. The number of benzene rings is 1. The van der Waals surface area contributed by atoms with Crippen LogP contribution >= 0.6 is 0 Å². The zero-order valence-corrected chi connectivity index (χ0v) is 15.0. The highest BCUT2D eigenvalue weighted by atomic mass is 16.5. The average molecular weight is 366 g/mol. The van der Waals surface area contributed by atoms with Gasteiger partial charge in [0.05, 0.1) is 25.8 Å². The molecule has 0 bridgehead atoms. The normalized spacial score (nSPS) is 12.7. The van der Waals surface area contributed by atoms with Crippen molar-refractivity contribution < 1.29 is 14.3 Å². The third-order valence-electron chi connectivity index (χ3n) is 4.59. The fraction of sp³-hybridized carbons (Fsp3) is 0.263. The number of anilines is 1. The predicted molar refractivity (Wildman–Crippen MR) is 99.6 cm³/mol. The molecule has 1 aliphatic rings. The summed E-state index contributed by atoms with van der Waals surface area (Å²) in [6.45, 7) is 0.594. The fourth-order valence-corrected chi connectivity index (χ4v) is 3.36. The summed E-state index contributed by atoms with van der Waals surface area (Å²) < 4.78 is 11.8. The lowest BCUT2D eigenvalue weighted by Crippen LogP contribution is -2.31. The standard InChI is InChI=1S/C19H18N4O4/c1-26-14-10-15(27-2)21-19(20-14)22-17(24)13-9-12-6-3-5-11-7-4-8-23(16(11)12)18(13)25/h3,5-6,9-10H,4,7-8H2,1-2H3,(H,20,21,22,24). The van der Waals surface area contributed by atoms with Crippen LogP contribution in [0.25, 0.3) is 10.9 Å². The smallest absolute Gasteiger partial charge is 0.263 e. The van der Waals surface area contributed by atoms with Crippen LogP contribution in [-0.4, -0.2) is 34.7 Å². The van der Waals surface area contributed by atoms with Gasteiger partial charge in [-0.25, -0.2) is 0 Å². The van der Waals surface area contributed by atoms with Crippen LogP contribution in [0.1, 0.15) is 22.3 Å². The molecule has 27 heavy (non-hydrogen) atoms. The number of rotatable bonds is 4. The van der Waals surface area contributed by atoms with Crippen LogP contribution in [-0.2, 0) is 13.0 Å². The molecule has 8 nitrogen and oxygen atoms in total. The number of nitrogens with zero attached hydrogens (tertiary/aromatic N) is 3. The van der Waals surface area contributed by atoms with Gasteiger partial charge < -0.3 is 14.0 Å². The van der Waals surface area contributed by atoms with E-state index in [4.69, 9.17) is 9.47 Å². The summed E-state index contributed by atoms with van der Waals surface area (Å²) in [7, 11) is 2.90. The molecule has 1 N–H and O–H groups in total. The van der Waals surface area contributed by atoms with Gasteiger partial charge in [0.25, 0.3) is 11.5 Å². The van der Waals surface area contributed by atoms with Gasteiger partial charge in [0.2, 0.25) is 17.7 Å².